The third-order valence-electron chi connectivity index (χ3n) is 6.61. The Labute approximate surface area is 185 Å². The normalized spacial score (nSPS) is 21.5. The first kappa shape index (κ1) is 21.8. The van der Waals surface area contributed by atoms with Gasteiger partial charge in [0.25, 0.3) is 0 Å². The lowest BCUT2D eigenvalue weighted by Gasteiger charge is -2.37. The highest BCUT2D eigenvalue weighted by Gasteiger charge is 2.36. The van der Waals surface area contributed by atoms with Crippen molar-refractivity contribution in [3.05, 3.63) is 41.7 Å². The van der Waals surface area contributed by atoms with Gasteiger partial charge in [0, 0.05) is 31.7 Å². The molecule has 1 amide bonds. The Morgan fingerprint density at radius 2 is 1.84 bits per heavy atom. The standard InChI is InChI=1S/C24H35N5O2/c1-5-27-10-12-28(13-11-27)17-23(30)26-21-14-24(2,3)15-22-20(21)16-25-29(22)18-6-8-19(31-4)9-7-18/h6-9,16,21H,5,10-15,17H2,1-4H3,(H,26,30)/t21-/m0/s1. The van der Waals surface area contributed by atoms with E-state index in [4.69, 9.17) is 4.74 Å². The second-order valence-electron chi connectivity index (χ2n) is 9.53. The number of hydrogen-bond donors (Lipinski definition) is 1. The zero-order chi connectivity index (χ0) is 22.0. The number of likely N-dealkylation sites (N-methyl/N-ethyl adjacent to an activating group) is 1. The van der Waals surface area contributed by atoms with Crippen molar-refractivity contribution in [3.8, 4) is 11.4 Å². The maximum atomic E-state index is 12.9. The molecule has 0 bridgehead atoms. The number of amides is 1. The summed E-state index contributed by atoms with van der Waals surface area (Å²) in [4.78, 5) is 17.6. The Kier molecular flexibility index (Phi) is 6.34. The molecule has 1 fully saturated rings. The first-order valence-electron chi connectivity index (χ1n) is 11.3. The molecular weight excluding hydrogens is 390 g/mol. The molecule has 1 aliphatic carbocycles. The third kappa shape index (κ3) is 4.93. The van der Waals surface area contributed by atoms with Crippen molar-refractivity contribution in [2.24, 2.45) is 5.41 Å². The molecule has 7 nitrogen and oxygen atoms in total. The summed E-state index contributed by atoms with van der Waals surface area (Å²) in [5, 5.41) is 8.01. The minimum absolute atomic E-state index is 0.00446. The number of ether oxygens (including phenoxy) is 1. The minimum Gasteiger partial charge on any atom is -0.497 e. The van der Waals surface area contributed by atoms with Gasteiger partial charge in [0.15, 0.2) is 0 Å². The molecular formula is C24H35N5O2. The molecule has 1 aromatic heterocycles. The van der Waals surface area contributed by atoms with Gasteiger partial charge in [-0.2, -0.15) is 5.10 Å². The predicted octanol–water partition coefficient (Wildman–Crippen LogP) is 2.65. The SMILES string of the molecule is CCN1CCN(CC(=O)N[C@H]2CC(C)(C)Cc3c2cnn3-c2ccc(OC)cc2)CC1. The molecule has 0 radical (unpaired) electrons. The summed E-state index contributed by atoms with van der Waals surface area (Å²) in [6, 6.07) is 7.95. The number of fused-ring (bicyclic) bond motifs is 1. The molecule has 31 heavy (non-hydrogen) atoms. The van der Waals surface area contributed by atoms with Crippen LogP contribution in [0.2, 0.25) is 0 Å². The quantitative estimate of drug-likeness (QED) is 0.771. The summed E-state index contributed by atoms with van der Waals surface area (Å²) in [6.45, 7) is 12.3. The number of rotatable bonds is 6. The molecule has 1 saturated heterocycles. The fourth-order valence-corrected chi connectivity index (χ4v) is 4.82. The highest BCUT2D eigenvalue weighted by molar-refractivity contribution is 5.78. The highest BCUT2D eigenvalue weighted by atomic mass is 16.5. The van der Waals surface area contributed by atoms with Crippen LogP contribution in [0.3, 0.4) is 0 Å². The largest absolute Gasteiger partial charge is 0.497 e. The third-order valence-corrected chi connectivity index (χ3v) is 6.61. The summed E-state index contributed by atoms with van der Waals surface area (Å²) in [5.74, 6) is 0.936. The van der Waals surface area contributed by atoms with Crippen LogP contribution in [0.25, 0.3) is 5.69 Å². The second kappa shape index (κ2) is 9.01. The van der Waals surface area contributed by atoms with E-state index in [-0.39, 0.29) is 17.4 Å². The van der Waals surface area contributed by atoms with Gasteiger partial charge in [-0.15, -0.1) is 0 Å². The monoisotopic (exact) mass is 425 g/mol. The van der Waals surface area contributed by atoms with Gasteiger partial charge in [-0.3, -0.25) is 9.69 Å². The number of nitrogens with one attached hydrogen (secondary N) is 1. The van der Waals surface area contributed by atoms with Crippen molar-refractivity contribution >= 4 is 5.91 Å². The van der Waals surface area contributed by atoms with E-state index in [0.717, 1.165) is 62.6 Å². The van der Waals surface area contributed by atoms with Crippen LogP contribution in [0.1, 0.15) is 44.5 Å². The summed E-state index contributed by atoms with van der Waals surface area (Å²) < 4.78 is 7.30. The number of hydrogen-bond acceptors (Lipinski definition) is 5. The molecule has 0 unspecified atom stereocenters. The predicted molar refractivity (Wildman–Crippen MR) is 122 cm³/mol. The van der Waals surface area contributed by atoms with Crippen molar-refractivity contribution in [1.82, 2.24) is 24.9 Å². The van der Waals surface area contributed by atoms with Crippen LogP contribution in [-0.4, -0.2) is 71.9 Å². The summed E-state index contributed by atoms with van der Waals surface area (Å²) in [7, 11) is 1.67. The van der Waals surface area contributed by atoms with Crippen LogP contribution in [0, 0.1) is 5.41 Å². The van der Waals surface area contributed by atoms with E-state index in [1.807, 2.05) is 35.1 Å². The Morgan fingerprint density at radius 1 is 1.16 bits per heavy atom. The van der Waals surface area contributed by atoms with Crippen LogP contribution in [0.5, 0.6) is 5.75 Å². The van der Waals surface area contributed by atoms with Gasteiger partial charge in [-0.05, 0) is 49.1 Å². The van der Waals surface area contributed by atoms with E-state index in [2.05, 4.69) is 41.0 Å². The van der Waals surface area contributed by atoms with Crippen LogP contribution in [-0.2, 0) is 11.2 Å². The fraction of sp³-hybridized carbons (Fsp3) is 0.583. The second-order valence-corrected chi connectivity index (χ2v) is 9.53. The number of piperazine rings is 1. The van der Waals surface area contributed by atoms with Crippen LogP contribution < -0.4 is 10.1 Å². The fourth-order valence-electron chi connectivity index (χ4n) is 4.82. The number of carbonyl (C=O) groups excluding carboxylic acids is 1. The van der Waals surface area contributed by atoms with Crippen molar-refractivity contribution < 1.29 is 9.53 Å². The van der Waals surface area contributed by atoms with E-state index in [1.54, 1.807) is 7.11 Å². The van der Waals surface area contributed by atoms with Gasteiger partial charge in [0.05, 0.1) is 37.3 Å². The average molecular weight is 426 g/mol. The smallest absolute Gasteiger partial charge is 0.234 e. The lowest BCUT2D eigenvalue weighted by molar-refractivity contribution is -0.123. The molecule has 7 heteroatoms. The molecule has 1 aliphatic heterocycles. The molecule has 2 heterocycles. The van der Waals surface area contributed by atoms with Crippen molar-refractivity contribution in [1.29, 1.82) is 0 Å². The number of nitrogens with zero attached hydrogens (tertiary/aromatic N) is 4. The molecule has 168 valence electrons. The van der Waals surface area contributed by atoms with E-state index < -0.39 is 0 Å². The Morgan fingerprint density at radius 3 is 2.48 bits per heavy atom. The lowest BCUT2D eigenvalue weighted by atomic mass is 9.74. The first-order chi connectivity index (χ1) is 14.9. The van der Waals surface area contributed by atoms with E-state index in [0.29, 0.717) is 6.54 Å². The van der Waals surface area contributed by atoms with E-state index in [9.17, 15) is 4.79 Å². The minimum atomic E-state index is -0.00446. The average Bonchev–Trinajstić information content (AvgIpc) is 3.17. The van der Waals surface area contributed by atoms with Crippen molar-refractivity contribution in [2.45, 2.75) is 39.7 Å². The Balaban J connectivity index is 1.48. The number of benzene rings is 1. The summed E-state index contributed by atoms with van der Waals surface area (Å²) in [5.41, 5.74) is 3.42. The van der Waals surface area contributed by atoms with Gasteiger partial charge in [-0.1, -0.05) is 20.8 Å². The first-order valence-corrected chi connectivity index (χ1v) is 11.3. The van der Waals surface area contributed by atoms with E-state index >= 15 is 0 Å². The topological polar surface area (TPSA) is 62.6 Å². The molecule has 0 spiro atoms. The van der Waals surface area contributed by atoms with Crippen LogP contribution in [0.4, 0.5) is 0 Å². The number of methoxy groups -OCH3 is 1. The number of carbonyl (C=O) groups is 1. The van der Waals surface area contributed by atoms with Gasteiger partial charge in [-0.25, -0.2) is 4.68 Å². The van der Waals surface area contributed by atoms with E-state index in [1.165, 1.54) is 5.69 Å². The molecule has 4 rings (SSSR count). The lowest BCUT2D eigenvalue weighted by Crippen LogP contribution is -2.50. The molecule has 2 aliphatic rings. The summed E-state index contributed by atoms with van der Waals surface area (Å²) >= 11 is 0. The molecule has 1 N–H and O–H groups in total. The van der Waals surface area contributed by atoms with Crippen molar-refractivity contribution in [3.63, 3.8) is 0 Å². The maximum Gasteiger partial charge on any atom is 0.234 e. The molecule has 0 saturated carbocycles. The summed E-state index contributed by atoms with van der Waals surface area (Å²) in [6.07, 6.45) is 3.78. The molecule has 1 aromatic carbocycles. The molecule has 1 atom stereocenters. The van der Waals surface area contributed by atoms with Crippen LogP contribution >= 0.6 is 0 Å². The highest BCUT2D eigenvalue weighted by Crippen LogP contribution is 2.41. The van der Waals surface area contributed by atoms with Gasteiger partial charge in [0.1, 0.15) is 5.75 Å². The zero-order valence-electron chi connectivity index (χ0n) is 19.2. The Bertz CT molecular complexity index is 897. The van der Waals surface area contributed by atoms with Crippen molar-refractivity contribution in [2.75, 3.05) is 46.4 Å². The van der Waals surface area contributed by atoms with Gasteiger partial charge >= 0.3 is 0 Å². The van der Waals surface area contributed by atoms with Gasteiger partial charge in [0.2, 0.25) is 5.91 Å². The maximum absolute atomic E-state index is 12.9. The van der Waals surface area contributed by atoms with Crippen LogP contribution in [0.15, 0.2) is 30.5 Å². The number of aromatic nitrogens is 2. The molecule has 2 aromatic rings. The zero-order valence-corrected chi connectivity index (χ0v) is 19.2. The Hall–Kier alpha value is -2.38. The van der Waals surface area contributed by atoms with Gasteiger partial charge < -0.3 is 15.0 Å².